The maximum absolute atomic E-state index is 15.0. The average molecular weight is 592 g/mol. The van der Waals surface area contributed by atoms with Gasteiger partial charge in [0.25, 0.3) is 0 Å². The Morgan fingerprint density at radius 3 is 2.52 bits per heavy atom. The van der Waals surface area contributed by atoms with Crippen LogP contribution in [0.1, 0.15) is 79.2 Å². The number of nitrogens with zero attached hydrogens (tertiary/aromatic N) is 1. The van der Waals surface area contributed by atoms with Gasteiger partial charge in [-0.2, -0.15) is 12.6 Å². The van der Waals surface area contributed by atoms with Crippen LogP contribution in [0.2, 0.25) is 0 Å². The number of aliphatic imine (C=N–C) groups is 1. The standard InChI is InChI=1S/C35H43F2N3OS/c1-24(39-20-19-30(38-2)8-5-21-42)11-18-31-33(37)9-4-10-34(31)40-35(41)23-32(26-14-16-29(36)17-15-26)28-13-12-25-6-3-7-27(25)22-28/h4,9-10,12-17,22,24,30,32,39,42H,2-3,5-8,11,18-21,23H2,1H3,(H,40,41). The fourth-order valence-corrected chi connectivity index (χ4v) is 6.04. The lowest BCUT2D eigenvalue weighted by atomic mass is 9.86. The fraction of sp³-hybridized carbons (Fsp3) is 0.429. The van der Waals surface area contributed by atoms with E-state index in [0.29, 0.717) is 17.7 Å². The van der Waals surface area contributed by atoms with Gasteiger partial charge in [0, 0.05) is 29.6 Å². The number of amides is 1. The van der Waals surface area contributed by atoms with Crippen LogP contribution in [-0.4, -0.2) is 37.0 Å². The summed E-state index contributed by atoms with van der Waals surface area (Å²) in [6.07, 6.45) is 7.54. The number of carbonyl (C=O) groups is 1. The van der Waals surface area contributed by atoms with Crippen LogP contribution in [0.25, 0.3) is 0 Å². The molecule has 0 bridgehead atoms. The van der Waals surface area contributed by atoms with Crippen molar-refractivity contribution in [3.05, 3.63) is 100 Å². The molecule has 0 saturated carbocycles. The zero-order valence-corrected chi connectivity index (χ0v) is 25.4. The van der Waals surface area contributed by atoms with E-state index in [9.17, 15) is 13.6 Å². The summed E-state index contributed by atoms with van der Waals surface area (Å²) in [4.78, 5) is 17.7. The van der Waals surface area contributed by atoms with Crippen molar-refractivity contribution in [1.82, 2.24) is 5.32 Å². The quantitative estimate of drug-likeness (QED) is 0.118. The minimum atomic E-state index is -0.323. The van der Waals surface area contributed by atoms with E-state index in [2.05, 4.69) is 60.1 Å². The number of rotatable bonds is 16. The lowest BCUT2D eigenvalue weighted by Gasteiger charge is -2.20. The van der Waals surface area contributed by atoms with Gasteiger partial charge < -0.3 is 10.6 Å². The zero-order chi connectivity index (χ0) is 29.9. The molecule has 7 heteroatoms. The van der Waals surface area contributed by atoms with E-state index in [1.54, 1.807) is 24.3 Å². The topological polar surface area (TPSA) is 53.5 Å². The number of nitrogens with one attached hydrogen (secondary N) is 2. The van der Waals surface area contributed by atoms with E-state index in [1.807, 2.05) is 0 Å². The number of hydrogen-bond donors (Lipinski definition) is 3. The Balaban J connectivity index is 1.40. The molecule has 0 fully saturated rings. The Morgan fingerprint density at radius 2 is 1.76 bits per heavy atom. The molecule has 1 amide bonds. The predicted octanol–water partition coefficient (Wildman–Crippen LogP) is 7.69. The molecule has 3 unspecified atom stereocenters. The molecule has 224 valence electrons. The summed E-state index contributed by atoms with van der Waals surface area (Å²) in [5, 5.41) is 6.51. The van der Waals surface area contributed by atoms with E-state index in [4.69, 9.17) is 0 Å². The highest BCUT2D eigenvalue weighted by atomic mass is 32.1. The number of thiol groups is 1. The van der Waals surface area contributed by atoms with Crippen molar-refractivity contribution >= 4 is 30.9 Å². The largest absolute Gasteiger partial charge is 0.326 e. The summed E-state index contributed by atoms with van der Waals surface area (Å²) in [6.45, 7) is 6.61. The Kier molecular flexibility index (Phi) is 12.1. The lowest BCUT2D eigenvalue weighted by Crippen LogP contribution is -2.29. The van der Waals surface area contributed by atoms with Gasteiger partial charge in [-0.15, -0.1) is 0 Å². The molecule has 4 nitrogen and oxygen atoms in total. The van der Waals surface area contributed by atoms with Gasteiger partial charge in [-0.25, -0.2) is 8.78 Å². The molecular weight excluding hydrogens is 548 g/mol. The smallest absolute Gasteiger partial charge is 0.225 e. The van der Waals surface area contributed by atoms with E-state index in [1.165, 1.54) is 29.3 Å². The molecule has 3 aromatic rings. The molecule has 0 heterocycles. The van der Waals surface area contributed by atoms with Gasteiger partial charge in [-0.3, -0.25) is 9.79 Å². The molecule has 0 spiro atoms. The Morgan fingerprint density at radius 1 is 1.00 bits per heavy atom. The minimum absolute atomic E-state index is 0.171. The third kappa shape index (κ3) is 8.98. The highest BCUT2D eigenvalue weighted by Gasteiger charge is 2.22. The normalized spacial score (nSPS) is 14.7. The maximum Gasteiger partial charge on any atom is 0.225 e. The van der Waals surface area contributed by atoms with Gasteiger partial charge in [0.15, 0.2) is 0 Å². The molecular formula is C35H43F2N3OS. The van der Waals surface area contributed by atoms with Crippen LogP contribution in [0.5, 0.6) is 0 Å². The summed E-state index contributed by atoms with van der Waals surface area (Å²) in [5.74, 6) is -0.226. The first-order valence-electron chi connectivity index (χ1n) is 15.1. The maximum atomic E-state index is 15.0. The van der Waals surface area contributed by atoms with Crippen molar-refractivity contribution in [2.24, 2.45) is 4.99 Å². The summed E-state index contributed by atoms with van der Waals surface area (Å²) >= 11 is 4.28. The predicted molar refractivity (Wildman–Crippen MR) is 173 cm³/mol. The second kappa shape index (κ2) is 16.0. The molecule has 3 aromatic carbocycles. The first-order valence-corrected chi connectivity index (χ1v) is 15.8. The number of benzene rings is 3. The fourth-order valence-electron chi connectivity index (χ4n) is 5.86. The van der Waals surface area contributed by atoms with Crippen LogP contribution in [0, 0.1) is 11.6 Å². The molecule has 1 aliphatic rings. The van der Waals surface area contributed by atoms with Crippen molar-refractivity contribution in [2.45, 2.75) is 82.7 Å². The van der Waals surface area contributed by atoms with Crippen molar-refractivity contribution in [1.29, 1.82) is 0 Å². The van der Waals surface area contributed by atoms with Crippen molar-refractivity contribution < 1.29 is 13.6 Å². The number of hydrogen-bond acceptors (Lipinski definition) is 4. The third-order valence-corrected chi connectivity index (χ3v) is 8.65. The van der Waals surface area contributed by atoms with Crippen molar-refractivity contribution in [3.63, 3.8) is 0 Å². The second-order valence-corrected chi connectivity index (χ2v) is 11.8. The molecule has 3 atom stereocenters. The molecule has 0 aliphatic heterocycles. The molecule has 0 saturated heterocycles. The van der Waals surface area contributed by atoms with Crippen LogP contribution in [-0.2, 0) is 24.1 Å². The summed E-state index contributed by atoms with van der Waals surface area (Å²) in [7, 11) is 0. The monoisotopic (exact) mass is 591 g/mol. The van der Waals surface area contributed by atoms with E-state index in [0.717, 1.165) is 68.4 Å². The van der Waals surface area contributed by atoms with Crippen LogP contribution >= 0.6 is 12.6 Å². The third-order valence-electron chi connectivity index (χ3n) is 8.33. The van der Waals surface area contributed by atoms with Crippen LogP contribution in [0.3, 0.4) is 0 Å². The van der Waals surface area contributed by atoms with Gasteiger partial charge in [0.05, 0.1) is 6.04 Å². The van der Waals surface area contributed by atoms with Crippen LogP contribution < -0.4 is 10.6 Å². The van der Waals surface area contributed by atoms with Gasteiger partial charge in [-0.05, 0) is 124 Å². The zero-order valence-electron chi connectivity index (χ0n) is 24.5. The van der Waals surface area contributed by atoms with E-state index >= 15 is 0 Å². The number of aryl methyl sites for hydroxylation is 2. The molecule has 1 aliphatic carbocycles. The lowest BCUT2D eigenvalue weighted by molar-refractivity contribution is -0.116. The van der Waals surface area contributed by atoms with Crippen molar-refractivity contribution in [3.8, 4) is 0 Å². The van der Waals surface area contributed by atoms with Crippen LogP contribution in [0.4, 0.5) is 14.5 Å². The Hall–Kier alpha value is -3.03. The van der Waals surface area contributed by atoms with Gasteiger partial charge >= 0.3 is 0 Å². The Bertz CT molecular complexity index is 1330. The van der Waals surface area contributed by atoms with Crippen molar-refractivity contribution in [2.75, 3.05) is 17.6 Å². The summed E-state index contributed by atoms with van der Waals surface area (Å²) in [6, 6.07) is 18.0. The second-order valence-electron chi connectivity index (χ2n) is 11.4. The van der Waals surface area contributed by atoms with Crippen LogP contribution in [0.15, 0.2) is 65.7 Å². The molecule has 0 radical (unpaired) electrons. The molecule has 0 aromatic heterocycles. The highest BCUT2D eigenvalue weighted by Crippen LogP contribution is 2.33. The SMILES string of the molecule is C=NC(CCCS)CCNC(C)CCc1c(F)cccc1NC(=O)CC(c1ccc(F)cc1)c1ccc2c(c1)CCC2. The first-order chi connectivity index (χ1) is 20.4. The first kappa shape index (κ1) is 31.9. The number of carbonyl (C=O) groups excluding carboxylic acids is 1. The summed E-state index contributed by atoms with van der Waals surface area (Å²) in [5.41, 5.74) is 5.61. The van der Waals surface area contributed by atoms with Gasteiger partial charge in [-0.1, -0.05) is 36.4 Å². The molecule has 42 heavy (non-hydrogen) atoms. The van der Waals surface area contributed by atoms with E-state index < -0.39 is 0 Å². The highest BCUT2D eigenvalue weighted by molar-refractivity contribution is 7.80. The minimum Gasteiger partial charge on any atom is -0.326 e. The molecule has 2 N–H and O–H groups in total. The van der Waals surface area contributed by atoms with Gasteiger partial charge in [0.2, 0.25) is 5.91 Å². The summed E-state index contributed by atoms with van der Waals surface area (Å²) < 4.78 is 28.7. The van der Waals surface area contributed by atoms with E-state index in [-0.39, 0.29) is 42.0 Å². The number of anilines is 1. The number of halogens is 2. The van der Waals surface area contributed by atoms with Gasteiger partial charge in [0.1, 0.15) is 11.6 Å². The Labute approximate surface area is 254 Å². The molecule has 4 rings (SSSR count). The average Bonchev–Trinajstić information content (AvgIpc) is 3.46. The number of fused-ring (bicyclic) bond motifs is 1.